The van der Waals surface area contributed by atoms with Crippen LogP contribution < -0.4 is 0 Å². The maximum atomic E-state index is 13.1. The molecule has 1 aliphatic heterocycles. The van der Waals surface area contributed by atoms with Gasteiger partial charge in [-0.15, -0.1) is 11.3 Å². The van der Waals surface area contributed by atoms with Gasteiger partial charge in [-0.3, -0.25) is 4.79 Å². The highest BCUT2D eigenvalue weighted by Crippen LogP contribution is 2.40. The Balaban J connectivity index is 1.34. The van der Waals surface area contributed by atoms with E-state index in [0.29, 0.717) is 17.7 Å². The number of hydrogen-bond acceptors (Lipinski definition) is 5. The summed E-state index contributed by atoms with van der Waals surface area (Å²) in [6, 6.07) is 0.500. The van der Waals surface area contributed by atoms with Gasteiger partial charge in [0.25, 0.3) is 0 Å². The van der Waals surface area contributed by atoms with Crippen LogP contribution in [0.2, 0.25) is 0 Å². The zero-order valence-corrected chi connectivity index (χ0v) is 17.4. The highest BCUT2D eigenvalue weighted by atomic mass is 32.2. The minimum absolute atomic E-state index is 0.312. The van der Waals surface area contributed by atoms with Crippen molar-refractivity contribution in [3.63, 3.8) is 0 Å². The second kappa shape index (κ2) is 7.70. The lowest BCUT2D eigenvalue weighted by Crippen LogP contribution is -2.50. The standard InChI is InChI=1S/C21H27N3OS2/c25-18(24-11-5-7-14-6-1-3-9-16(14)24)12-26-20-19-15-8-2-4-10-17(15)27-21(19)23-13-22-20/h13-14,16H,1-12H2/t14-,16-/m0/s1. The summed E-state index contributed by atoms with van der Waals surface area (Å²) >= 11 is 3.46. The Kier molecular flexibility index (Phi) is 5.11. The van der Waals surface area contributed by atoms with Crippen LogP contribution in [0.3, 0.4) is 0 Å². The first kappa shape index (κ1) is 17.9. The Hall–Kier alpha value is -1.14. The van der Waals surface area contributed by atoms with Crippen LogP contribution in [-0.2, 0) is 17.6 Å². The highest BCUT2D eigenvalue weighted by Gasteiger charge is 2.35. The van der Waals surface area contributed by atoms with Crippen LogP contribution >= 0.6 is 23.1 Å². The van der Waals surface area contributed by atoms with E-state index in [2.05, 4.69) is 14.9 Å². The molecule has 144 valence electrons. The lowest BCUT2D eigenvalue weighted by molar-refractivity contribution is -0.134. The van der Waals surface area contributed by atoms with Crippen molar-refractivity contribution in [1.82, 2.24) is 14.9 Å². The molecular formula is C21H27N3OS2. The molecule has 2 aromatic heterocycles. The number of piperidine rings is 1. The van der Waals surface area contributed by atoms with Gasteiger partial charge < -0.3 is 4.90 Å². The molecule has 27 heavy (non-hydrogen) atoms. The van der Waals surface area contributed by atoms with Gasteiger partial charge in [0.1, 0.15) is 16.2 Å². The van der Waals surface area contributed by atoms with Crippen molar-refractivity contribution in [3.05, 3.63) is 16.8 Å². The van der Waals surface area contributed by atoms with E-state index in [4.69, 9.17) is 0 Å². The maximum Gasteiger partial charge on any atom is 0.233 e. The summed E-state index contributed by atoms with van der Waals surface area (Å²) in [6.45, 7) is 0.952. The molecule has 5 rings (SSSR count). The van der Waals surface area contributed by atoms with Gasteiger partial charge in [-0.1, -0.05) is 24.6 Å². The number of thiophene rings is 1. The Morgan fingerprint density at radius 2 is 1.96 bits per heavy atom. The first-order valence-corrected chi connectivity index (χ1v) is 12.3. The SMILES string of the molecule is O=C(CSc1ncnc2sc3c(c12)CCCC3)N1CCC[C@@H]2CCCC[C@@H]21. The van der Waals surface area contributed by atoms with Gasteiger partial charge in [-0.25, -0.2) is 9.97 Å². The third-order valence-electron chi connectivity index (χ3n) is 6.61. The molecule has 1 amide bonds. The molecule has 2 fully saturated rings. The molecule has 3 heterocycles. The highest BCUT2D eigenvalue weighted by molar-refractivity contribution is 8.00. The van der Waals surface area contributed by atoms with E-state index in [1.807, 2.05) is 11.3 Å². The Bertz CT molecular complexity index is 847. The lowest BCUT2D eigenvalue weighted by atomic mass is 9.78. The van der Waals surface area contributed by atoms with Gasteiger partial charge in [-0.2, -0.15) is 0 Å². The van der Waals surface area contributed by atoms with Crippen LogP contribution in [0.15, 0.2) is 11.4 Å². The van der Waals surface area contributed by atoms with Crippen molar-refractivity contribution in [3.8, 4) is 0 Å². The van der Waals surface area contributed by atoms with Crippen LogP contribution in [-0.4, -0.2) is 39.1 Å². The minimum Gasteiger partial charge on any atom is -0.339 e. The van der Waals surface area contributed by atoms with Crippen molar-refractivity contribution < 1.29 is 4.79 Å². The topological polar surface area (TPSA) is 46.1 Å². The first-order chi connectivity index (χ1) is 13.3. The number of rotatable bonds is 3. The van der Waals surface area contributed by atoms with Crippen molar-refractivity contribution in [2.45, 2.75) is 75.3 Å². The smallest absolute Gasteiger partial charge is 0.233 e. The number of nitrogens with zero attached hydrogens (tertiary/aromatic N) is 3. The van der Waals surface area contributed by atoms with Crippen LogP contribution in [0, 0.1) is 5.92 Å². The van der Waals surface area contributed by atoms with Crippen molar-refractivity contribution in [2.75, 3.05) is 12.3 Å². The number of aryl methyl sites for hydroxylation is 2. The summed E-state index contributed by atoms with van der Waals surface area (Å²) in [6.07, 6.45) is 14.2. The zero-order valence-electron chi connectivity index (χ0n) is 15.8. The van der Waals surface area contributed by atoms with Crippen LogP contribution in [0.1, 0.15) is 61.8 Å². The first-order valence-electron chi connectivity index (χ1n) is 10.5. The number of aromatic nitrogens is 2. The van der Waals surface area contributed by atoms with Crippen molar-refractivity contribution in [1.29, 1.82) is 0 Å². The molecule has 0 bridgehead atoms. The average molecular weight is 402 g/mol. The molecule has 6 heteroatoms. The van der Waals surface area contributed by atoms with Crippen LogP contribution in [0.4, 0.5) is 0 Å². The molecule has 3 aliphatic rings. The molecular weight excluding hydrogens is 374 g/mol. The number of amides is 1. The van der Waals surface area contributed by atoms with Gasteiger partial charge in [0.05, 0.1) is 5.75 Å². The van der Waals surface area contributed by atoms with Crippen LogP contribution in [0.25, 0.3) is 10.2 Å². The molecule has 4 nitrogen and oxygen atoms in total. The summed E-state index contributed by atoms with van der Waals surface area (Å²) in [5, 5.41) is 2.26. The number of fused-ring (bicyclic) bond motifs is 4. The summed E-state index contributed by atoms with van der Waals surface area (Å²) in [7, 11) is 0. The molecule has 2 aliphatic carbocycles. The Labute approximate surface area is 169 Å². The van der Waals surface area contributed by atoms with Gasteiger partial charge in [0.2, 0.25) is 5.91 Å². The van der Waals surface area contributed by atoms with Crippen LogP contribution in [0.5, 0.6) is 0 Å². The lowest BCUT2D eigenvalue weighted by Gasteiger charge is -2.44. The molecule has 2 aromatic rings. The van der Waals surface area contributed by atoms with Gasteiger partial charge in [0.15, 0.2) is 0 Å². The molecule has 0 radical (unpaired) electrons. The summed E-state index contributed by atoms with van der Waals surface area (Å²) in [4.78, 5) is 27.0. The van der Waals surface area contributed by atoms with Crippen molar-refractivity contribution >= 4 is 39.2 Å². The van der Waals surface area contributed by atoms with E-state index in [1.165, 1.54) is 73.6 Å². The minimum atomic E-state index is 0.312. The Morgan fingerprint density at radius 1 is 1.11 bits per heavy atom. The monoisotopic (exact) mass is 401 g/mol. The van der Waals surface area contributed by atoms with E-state index < -0.39 is 0 Å². The predicted molar refractivity (Wildman–Crippen MR) is 111 cm³/mol. The van der Waals surface area contributed by atoms with E-state index in [-0.39, 0.29) is 0 Å². The van der Waals surface area contributed by atoms with Gasteiger partial charge in [-0.05, 0) is 62.8 Å². The predicted octanol–water partition coefficient (Wildman–Crippen LogP) is 4.84. The number of hydrogen-bond donors (Lipinski definition) is 0. The second-order valence-electron chi connectivity index (χ2n) is 8.20. The molecule has 2 atom stereocenters. The number of carbonyl (C=O) groups is 1. The fraction of sp³-hybridized carbons (Fsp3) is 0.667. The number of likely N-dealkylation sites (tertiary alicyclic amines) is 1. The molecule has 1 saturated heterocycles. The van der Waals surface area contributed by atoms with E-state index in [9.17, 15) is 4.79 Å². The zero-order chi connectivity index (χ0) is 18.2. The molecule has 0 N–H and O–H groups in total. The average Bonchev–Trinajstić information content (AvgIpc) is 3.11. The third kappa shape index (κ3) is 3.39. The molecule has 0 spiro atoms. The molecule has 1 saturated carbocycles. The van der Waals surface area contributed by atoms with Gasteiger partial charge in [0, 0.05) is 22.8 Å². The van der Waals surface area contributed by atoms with Crippen molar-refractivity contribution in [2.24, 2.45) is 5.92 Å². The summed E-state index contributed by atoms with van der Waals surface area (Å²) in [5.41, 5.74) is 1.46. The quantitative estimate of drug-likeness (QED) is 0.545. The summed E-state index contributed by atoms with van der Waals surface area (Å²) < 4.78 is 0. The maximum absolute atomic E-state index is 13.1. The number of thioether (sulfide) groups is 1. The number of carbonyl (C=O) groups excluding carboxylic acids is 1. The molecule has 0 aromatic carbocycles. The van der Waals surface area contributed by atoms with Gasteiger partial charge >= 0.3 is 0 Å². The Morgan fingerprint density at radius 3 is 2.93 bits per heavy atom. The van der Waals surface area contributed by atoms with E-state index in [1.54, 1.807) is 18.1 Å². The largest absolute Gasteiger partial charge is 0.339 e. The fourth-order valence-corrected chi connectivity index (χ4v) is 7.52. The third-order valence-corrected chi connectivity index (χ3v) is 8.79. The fourth-order valence-electron chi connectivity index (χ4n) is 5.32. The normalized spacial score (nSPS) is 25.3. The summed E-state index contributed by atoms with van der Waals surface area (Å²) in [5.74, 6) is 1.57. The second-order valence-corrected chi connectivity index (χ2v) is 10.2. The molecule has 0 unspecified atom stereocenters. The van der Waals surface area contributed by atoms with E-state index >= 15 is 0 Å². The van der Waals surface area contributed by atoms with E-state index in [0.717, 1.165) is 28.7 Å².